The van der Waals surface area contributed by atoms with E-state index in [9.17, 15) is 0 Å². The summed E-state index contributed by atoms with van der Waals surface area (Å²) in [5.74, 6) is 0. The summed E-state index contributed by atoms with van der Waals surface area (Å²) >= 11 is 1.83. The van der Waals surface area contributed by atoms with Gasteiger partial charge in [-0.25, -0.2) is 0 Å². The Hall–Kier alpha value is -5.45. The number of fused-ring (bicyclic) bond motifs is 3. The number of aromatic nitrogens is 1. The average Bonchev–Trinajstić information content (AvgIpc) is 3.58. The molecular weight excluding hydrogens is 615 g/mol. The monoisotopic (exact) mass is 655 g/mol. The third kappa shape index (κ3) is 5.72. The zero-order chi connectivity index (χ0) is 34.1. The summed E-state index contributed by atoms with van der Waals surface area (Å²) in [5.41, 5.74) is 13.0. The Labute approximate surface area is 294 Å². The number of hydrogen-bond acceptors (Lipinski definition) is 3. The minimum Gasteiger partial charge on any atom is -0.344 e. The highest BCUT2D eigenvalue weighted by Gasteiger charge is 2.24. The number of hydrogen-bond donors (Lipinski definition) is 0. The highest BCUT2D eigenvalue weighted by Crippen LogP contribution is 2.51. The molecule has 0 amide bonds. The normalized spacial score (nSPS) is 11.7. The van der Waals surface area contributed by atoms with Crippen molar-refractivity contribution in [2.45, 2.75) is 37.5 Å². The molecule has 0 bridgehead atoms. The van der Waals surface area contributed by atoms with E-state index in [-0.39, 0.29) is 0 Å². The van der Waals surface area contributed by atoms with Gasteiger partial charge >= 0.3 is 0 Å². The third-order valence-corrected chi connectivity index (χ3v) is 10.4. The lowest BCUT2D eigenvalue weighted by Gasteiger charge is -2.33. The first kappa shape index (κ1) is 32.1. The fourth-order valence-electron chi connectivity index (χ4n) is 6.91. The van der Waals surface area contributed by atoms with Crippen LogP contribution in [0.4, 0.5) is 28.4 Å². The second kappa shape index (κ2) is 13.6. The van der Waals surface area contributed by atoms with E-state index in [4.69, 9.17) is 0 Å². The minimum absolute atomic E-state index is 1.12. The van der Waals surface area contributed by atoms with Gasteiger partial charge in [-0.05, 0) is 109 Å². The van der Waals surface area contributed by atoms with E-state index in [1.54, 1.807) is 0 Å². The molecule has 1 aromatic heterocycles. The quantitative estimate of drug-likeness (QED) is 0.177. The number of anilines is 5. The molecule has 1 aliphatic heterocycles. The summed E-state index contributed by atoms with van der Waals surface area (Å²) in [7, 11) is 2.17. The molecule has 3 nitrogen and oxygen atoms in total. The predicted molar refractivity (Wildman–Crippen MR) is 213 cm³/mol. The van der Waals surface area contributed by atoms with Gasteiger partial charge in [0.05, 0.1) is 17.1 Å². The maximum Gasteiger partial charge on any atom is 0.0603 e. The van der Waals surface area contributed by atoms with Gasteiger partial charge in [0.25, 0.3) is 0 Å². The molecule has 8 rings (SSSR count). The Balaban J connectivity index is 0.00000186. The zero-order valence-electron chi connectivity index (χ0n) is 28.8. The molecule has 1 aliphatic rings. The molecule has 4 heteroatoms. The first-order valence-electron chi connectivity index (χ1n) is 16.9. The molecule has 0 radical (unpaired) electrons. The molecule has 0 aliphatic carbocycles. The molecule has 0 atom stereocenters. The molecule has 0 N–H and O–H groups in total. The largest absolute Gasteiger partial charge is 0.344 e. The van der Waals surface area contributed by atoms with Crippen molar-refractivity contribution in [1.29, 1.82) is 0 Å². The van der Waals surface area contributed by atoms with Crippen LogP contribution < -0.4 is 9.80 Å². The van der Waals surface area contributed by atoms with E-state index < -0.39 is 0 Å². The van der Waals surface area contributed by atoms with Crippen LogP contribution in [0.5, 0.6) is 0 Å². The first-order valence-corrected chi connectivity index (χ1v) is 17.8. The predicted octanol–water partition coefficient (Wildman–Crippen LogP) is 13.3. The van der Waals surface area contributed by atoms with Gasteiger partial charge in [0.15, 0.2) is 0 Å². The molecule has 0 unspecified atom stereocenters. The van der Waals surface area contributed by atoms with E-state index in [0.717, 1.165) is 28.3 Å². The summed E-state index contributed by atoms with van der Waals surface area (Å²) in [5, 5.41) is 2.47. The van der Waals surface area contributed by atoms with Gasteiger partial charge in [-0.3, -0.25) is 0 Å². The molecule has 49 heavy (non-hydrogen) atoms. The highest BCUT2D eigenvalue weighted by atomic mass is 32.2. The van der Waals surface area contributed by atoms with Gasteiger partial charge < -0.3 is 14.4 Å². The minimum atomic E-state index is 1.12. The van der Waals surface area contributed by atoms with E-state index in [1.807, 2.05) is 31.7 Å². The molecule has 0 saturated carbocycles. The van der Waals surface area contributed by atoms with Crippen molar-refractivity contribution >= 4 is 57.0 Å². The first-order chi connectivity index (χ1) is 24.0. The maximum atomic E-state index is 4.16. The smallest absolute Gasteiger partial charge is 0.0603 e. The summed E-state index contributed by atoms with van der Waals surface area (Å²) in [6.45, 7) is 12.5. The Bertz CT molecular complexity index is 2250. The fraction of sp³-hybridized carbons (Fsp3) is 0.111. The van der Waals surface area contributed by atoms with Gasteiger partial charge in [-0.1, -0.05) is 98.9 Å². The van der Waals surface area contributed by atoms with Crippen LogP contribution in [0, 0.1) is 13.8 Å². The summed E-state index contributed by atoms with van der Waals surface area (Å²) in [6.07, 6.45) is 4.12. The molecule has 0 fully saturated rings. The van der Waals surface area contributed by atoms with Crippen molar-refractivity contribution < 1.29 is 0 Å². The van der Waals surface area contributed by atoms with Gasteiger partial charge in [0, 0.05) is 56.7 Å². The van der Waals surface area contributed by atoms with Crippen molar-refractivity contribution in [1.82, 2.24) is 4.57 Å². The Morgan fingerprint density at radius 3 is 2.02 bits per heavy atom. The van der Waals surface area contributed by atoms with Crippen LogP contribution in [0.25, 0.3) is 33.8 Å². The number of para-hydroxylation sites is 2. The SMILES string of the molecule is C=Cc1ccn(-c2cccc(C)c2)c1-c1ccc2cccc(N(C)c3ccc(N4c5ccccc5Sc5ccccc54)cc3)c2c1C.CC. The molecular formula is C45H41N3S. The summed E-state index contributed by atoms with van der Waals surface area (Å²) in [6, 6.07) is 48.2. The summed E-state index contributed by atoms with van der Waals surface area (Å²) < 4.78 is 2.29. The van der Waals surface area contributed by atoms with Crippen LogP contribution in [0.2, 0.25) is 0 Å². The van der Waals surface area contributed by atoms with Gasteiger partial charge in [-0.15, -0.1) is 0 Å². The van der Waals surface area contributed by atoms with Crippen molar-refractivity contribution in [3.05, 3.63) is 163 Å². The molecule has 7 aromatic rings. The lowest BCUT2D eigenvalue weighted by atomic mass is 9.94. The molecule has 0 spiro atoms. The Morgan fingerprint density at radius 2 is 1.35 bits per heavy atom. The topological polar surface area (TPSA) is 11.4 Å². The standard InChI is InChI=1S/C43H35N3S.C2H6/c1-5-31-26-27-45(35-14-10-12-29(2)28-35)43(31)36-25-20-32-13-11-17-39(42(32)30(36)3)44(4)33-21-23-34(24-22-33)46-37-15-6-8-18-40(37)47-41-19-9-7-16-38(41)46;1-2/h5-28H,1H2,2-4H3;1-2H3. The lowest BCUT2D eigenvalue weighted by molar-refractivity contribution is 1.08. The highest BCUT2D eigenvalue weighted by molar-refractivity contribution is 7.99. The fourth-order valence-corrected chi connectivity index (χ4v) is 7.97. The van der Waals surface area contributed by atoms with Crippen LogP contribution in [0.1, 0.15) is 30.5 Å². The Morgan fingerprint density at radius 1 is 0.673 bits per heavy atom. The van der Waals surface area contributed by atoms with Crippen molar-refractivity contribution in [2.24, 2.45) is 0 Å². The summed E-state index contributed by atoms with van der Waals surface area (Å²) in [4.78, 5) is 7.22. The van der Waals surface area contributed by atoms with Crippen molar-refractivity contribution in [2.75, 3.05) is 16.8 Å². The number of benzene rings is 6. The van der Waals surface area contributed by atoms with Crippen LogP contribution in [-0.4, -0.2) is 11.6 Å². The van der Waals surface area contributed by atoms with Crippen molar-refractivity contribution in [3.8, 4) is 16.9 Å². The van der Waals surface area contributed by atoms with E-state index in [2.05, 4.69) is 181 Å². The second-order valence-corrected chi connectivity index (χ2v) is 13.2. The number of rotatable bonds is 6. The van der Waals surface area contributed by atoms with E-state index in [0.29, 0.717) is 0 Å². The molecule has 0 saturated heterocycles. The molecule has 6 aromatic carbocycles. The Kier molecular flexibility index (Phi) is 8.90. The maximum absolute atomic E-state index is 4.16. The molecule has 2 heterocycles. The molecule has 242 valence electrons. The van der Waals surface area contributed by atoms with Crippen molar-refractivity contribution in [3.63, 3.8) is 0 Å². The lowest BCUT2D eigenvalue weighted by Crippen LogP contribution is -2.15. The van der Waals surface area contributed by atoms with Gasteiger partial charge in [0.2, 0.25) is 0 Å². The van der Waals surface area contributed by atoms with Crippen LogP contribution >= 0.6 is 11.8 Å². The number of aryl methyl sites for hydroxylation is 2. The average molecular weight is 656 g/mol. The third-order valence-electron chi connectivity index (χ3n) is 9.24. The van der Waals surface area contributed by atoms with Gasteiger partial charge in [0.1, 0.15) is 0 Å². The van der Waals surface area contributed by atoms with Crippen LogP contribution in [0.3, 0.4) is 0 Å². The zero-order valence-corrected chi connectivity index (χ0v) is 29.6. The van der Waals surface area contributed by atoms with Crippen LogP contribution in [0.15, 0.2) is 156 Å². The van der Waals surface area contributed by atoms with Crippen LogP contribution in [-0.2, 0) is 0 Å². The van der Waals surface area contributed by atoms with Gasteiger partial charge in [-0.2, -0.15) is 0 Å². The van der Waals surface area contributed by atoms with E-state index in [1.165, 1.54) is 54.3 Å². The van der Waals surface area contributed by atoms with E-state index >= 15 is 0 Å². The number of nitrogens with zero attached hydrogens (tertiary/aromatic N) is 3. The second-order valence-electron chi connectivity index (χ2n) is 12.1.